The largest absolute Gasteiger partial charge is 0.510 e. The molecule has 1 aliphatic heterocycles. The van der Waals surface area contributed by atoms with Gasteiger partial charge in [0.1, 0.15) is 22.9 Å². The summed E-state index contributed by atoms with van der Waals surface area (Å²) in [5.74, 6) is -9.61. The van der Waals surface area contributed by atoms with Gasteiger partial charge in [-0.25, -0.2) is 4.39 Å². The maximum atomic E-state index is 16.3. The number of primary amides is 1. The van der Waals surface area contributed by atoms with Crippen molar-refractivity contribution in [2.75, 3.05) is 26.5 Å². The van der Waals surface area contributed by atoms with Gasteiger partial charge in [0.25, 0.3) is 5.91 Å². The van der Waals surface area contributed by atoms with Gasteiger partial charge >= 0.3 is 0 Å². The molecule has 0 spiro atoms. The van der Waals surface area contributed by atoms with Crippen molar-refractivity contribution in [3.63, 3.8) is 0 Å². The third-order valence-electron chi connectivity index (χ3n) is 9.50. The standard InChI is InChI=1S/C29H35FN4O8/c1-6-10(2)20-28(41)32-19-13(9-34(20)5)18(30)12-7-11-8-14-21(33(3)4)24(37)17(27(31)40)26(39)29(14,42)25(38)15(11)22(35)16(12)23(19)36/h10-11,14,20-21,36-38,42H,6-9H2,1-5H3,(H2,31,40)(H,32,41)/t10?,11-,14-,20+,21-,29-/m0/s1. The van der Waals surface area contributed by atoms with Crippen molar-refractivity contribution in [1.82, 2.24) is 9.80 Å². The van der Waals surface area contributed by atoms with Gasteiger partial charge in [0, 0.05) is 29.2 Å². The van der Waals surface area contributed by atoms with Gasteiger partial charge in [0.05, 0.1) is 23.3 Å². The second kappa shape index (κ2) is 9.89. The van der Waals surface area contributed by atoms with E-state index in [9.17, 15) is 39.6 Å². The van der Waals surface area contributed by atoms with Crippen molar-refractivity contribution in [2.24, 2.45) is 23.5 Å². The van der Waals surface area contributed by atoms with Crippen LogP contribution < -0.4 is 11.1 Å². The summed E-state index contributed by atoms with van der Waals surface area (Å²) in [6.45, 7) is 3.76. The van der Waals surface area contributed by atoms with Crippen LogP contribution in [0.4, 0.5) is 10.1 Å². The number of carbonyl (C=O) groups excluding carboxylic acids is 4. The first-order valence-corrected chi connectivity index (χ1v) is 13.8. The summed E-state index contributed by atoms with van der Waals surface area (Å²) in [4.78, 5) is 55.8. The molecule has 3 aliphatic carbocycles. The molecule has 1 heterocycles. The van der Waals surface area contributed by atoms with Crippen LogP contribution in [-0.2, 0) is 27.3 Å². The lowest BCUT2D eigenvalue weighted by Gasteiger charge is -2.50. The maximum absolute atomic E-state index is 16.3. The summed E-state index contributed by atoms with van der Waals surface area (Å²) in [6.07, 6.45) is 0.319. The number of amides is 2. The quantitative estimate of drug-likeness (QED) is 0.219. The molecule has 2 amide bonds. The number of ketones is 2. The van der Waals surface area contributed by atoms with Crippen LogP contribution in [0, 0.1) is 23.6 Å². The number of halogens is 1. The molecule has 0 saturated carbocycles. The van der Waals surface area contributed by atoms with Gasteiger partial charge in [-0.05, 0) is 45.8 Å². The van der Waals surface area contributed by atoms with Crippen LogP contribution in [0.25, 0.3) is 0 Å². The van der Waals surface area contributed by atoms with Gasteiger partial charge in [0.2, 0.25) is 11.7 Å². The molecular weight excluding hydrogens is 551 g/mol. The summed E-state index contributed by atoms with van der Waals surface area (Å²) >= 11 is 0. The number of hydrogen-bond acceptors (Lipinski definition) is 10. The van der Waals surface area contributed by atoms with Crippen molar-refractivity contribution >= 4 is 29.1 Å². The van der Waals surface area contributed by atoms with Gasteiger partial charge in [-0.2, -0.15) is 0 Å². The molecule has 1 aromatic carbocycles. The zero-order valence-corrected chi connectivity index (χ0v) is 24.0. The molecule has 5 rings (SSSR count). The number of fused-ring (bicyclic) bond motifs is 4. The Bertz CT molecular complexity index is 1520. The van der Waals surface area contributed by atoms with Crippen molar-refractivity contribution in [1.29, 1.82) is 0 Å². The van der Waals surface area contributed by atoms with Crippen LogP contribution in [0.15, 0.2) is 22.7 Å². The van der Waals surface area contributed by atoms with Gasteiger partial charge < -0.3 is 31.5 Å². The topological polar surface area (TPSA) is 194 Å². The Hall–Kier alpha value is -3.81. The van der Waals surface area contributed by atoms with Crippen molar-refractivity contribution in [3.05, 3.63) is 45.2 Å². The van der Waals surface area contributed by atoms with Gasteiger partial charge in [0.15, 0.2) is 17.1 Å². The number of allylic oxidation sites excluding steroid dienone is 1. The smallest absolute Gasteiger partial charge is 0.255 e. The fourth-order valence-electron chi connectivity index (χ4n) is 7.34. The zero-order valence-electron chi connectivity index (χ0n) is 24.0. The number of anilines is 1. The molecular formula is C29H35FN4O8. The number of Topliss-reactive ketones (excluding diaryl/α,β-unsaturated/α-hetero) is 2. The normalized spacial score (nSPS) is 30.3. The van der Waals surface area contributed by atoms with E-state index in [0.717, 1.165) is 0 Å². The molecule has 0 saturated heterocycles. The van der Waals surface area contributed by atoms with Crippen molar-refractivity contribution in [2.45, 2.75) is 57.3 Å². The Balaban J connectivity index is 1.69. The van der Waals surface area contributed by atoms with Crippen LogP contribution in [0.2, 0.25) is 0 Å². The minimum absolute atomic E-state index is 0.00959. The minimum Gasteiger partial charge on any atom is -0.510 e. The fraction of sp³-hybridized carbons (Fsp3) is 0.517. The van der Waals surface area contributed by atoms with Gasteiger partial charge in [-0.3, -0.25) is 29.0 Å². The van der Waals surface area contributed by atoms with Crippen LogP contribution in [-0.4, -0.2) is 92.4 Å². The van der Waals surface area contributed by atoms with E-state index in [0.29, 0.717) is 6.42 Å². The minimum atomic E-state index is -2.80. The number of rotatable bonds is 4. The Morgan fingerprint density at radius 3 is 2.43 bits per heavy atom. The highest BCUT2D eigenvalue weighted by atomic mass is 19.1. The van der Waals surface area contributed by atoms with Gasteiger partial charge in [-0.15, -0.1) is 0 Å². The number of phenolic OH excluding ortho intramolecular Hbond substituents is 1. The van der Waals surface area contributed by atoms with Crippen LogP contribution in [0.1, 0.15) is 48.2 Å². The summed E-state index contributed by atoms with van der Waals surface area (Å²) in [6, 6.07) is -1.78. The number of phenols is 1. The number of aromatic hydroxyl groups is 1. The predicted molar refractivity (Wildman–Crippen MR) is 147 cm³/mol. The Morgan fingerprint density at radius 2 is 1.86 bits per heavy atom. The lowest BCUT2D eigenvalue weighted by molar-refractivity contribution is -0.148. The lowest BCUT2D eigenvalue weighted by atomic mass is 9.58. The van der Waals surface area contributed by atoms with E-state index in [-0.39, 0.29) is 42.1 Å². The lowest BCUT2D eigenvalue weighted by Crippen LogP contribution is -2.63. The maximum Gasteiger partial charge on any atom is 0.255 e. The van der Waals surface area contributed by atoms with Crippen LogP contribution in [0.3, 0.4) is 0 Å². The van der Waals surface area contributed by atoms with E-state index < -0.39 is 92.7 Å². The zero-order chi connectivity index (χ0) is 31.2. The number of carbonyl (C=O) groups is 4. The molecule has 6 atom stereocenters. The van der Waals surface area contributed by atoms with Crippen LogP contribution in [0.5, 0.6) is 5.75 Å². The molecule has 12 nitrogen and oxygen atoms in total. The highest BCUT2D eigenvalue weighted by molar-refractivity contribution is 6.25. The van der Waals surface area contributed by atoms with E-state index in [1.54, 1.807) is 11.9 Å². The average Bonchev–Trinajstić information content (AvgIpc) is 3.03. The highest BCUT2D eigenvalue weighted by Crippen LogP contribution is 2.53. The van der Waals surface area contributed by atoms with E-state index in [1.165, 1.54) is 19.0 Å². The number of aliphatic hydroxyl groups excluding tert-OH is 2. The third-order valence-corrected chi connectivity index (χ3v) is 9.50. The molecule has 0 fully saturated rings. The predicted octanol–water partition coefficient (Wildman–Crippen LogP) is 1.06. The summed E-state index contributed by atoms with van der Waals surface area (Å²) in [7, 11) is 4.73. The summed E-state index contributed by atoms with van der Waals surface area (Å²) in [5.41, 5.74) is 0.384. The summed E-state index contributed by atoms with van der Waals surface area (Å²) < 4.78 is 16.3. The van der Waals surface area contributed by atoms with Crippen molar-refractivity contribution in [3.8, 4) is 5.75 Å². The highest BCUT2D eigenvalue weighted by Gasteiger charge is 2.63. The Kier molecular flexibility index (Phi) is 6.99. The number of aliphatic hydroxyl groups is 3. The molecule has 4 aliphatic rings. The van der Waals surface area contributed by atoms with Crippen LogP contribution >= 0.6 is 0 Å². The monoisotopic (exact) mass is 586 g/mol. The SMILES string of the molecule is CCC(C)[C@@H]1C(=O)Nc2c(O)c3c(c(F)c2CN1C)C[C@H]1C[C@H]2[C@H](N(C)C)C(O)=C(C(N)=O)C(=O)[C@@]2(O)C(O)=C1C3=O. The second-order valence-electron chi connectivity index (χ2n) is 12.1. The number of likely N-dealkylation sites (N-methyl/N-ethyl adjacent to an activating group) is 2. The number of hydrogen-bond donors (Lipinski definition) is 6. The van der Waals surface area contributed by atoms with Gasteiger partial charge in [-0.1, -0.05) is 20.3 Å². The first kappa shape index (κ1) is 29.7. The molecule has 0 radical (unpaired) electrons. The number of nitrogens with one attached hydrogen (secondary N) is 1. The molecule has 1 unspecified atom stereocenters. The Morgan fingerprint density at radius 1 is 1.21 bits per heavy atom. The van der Waals surface area contributed by atoms with E-state index >= 15 is 4.39 Å². The Labute approximate surface area is 241 Å². The fourth-order valence-corrected chi connectivity index (χ4v) is 7.34. The number of nitrogens with zero attached hydrogens (tertiary/aromatic N) is 2. The first-order valence-electron chi connectivity index (χ1n) is 13.8. The van der Waals surface area contributed by atoms with Crippen molar-refractivity contribution < 1.29 is 44.0 Å². The summed E-state index contributed by atoms with van der Waals surface area (Å²) in [5, 5.41) is 47.9. The number of nitrogens with two attached hydrogens (primary N) is 1. The molecule has 226 valence electrons. The average molecular weight is 587 g/mol. The number of benzene rings is 1. The molecule has 0 bridgehead atoms. The molecule has 1 aromatic rings. The third kappa shape index (κ3) is 3.83. The van der Waals surface area contributed by atoms with E-state index in [2.05, 4.69) is 5.32 Å². The molecule has 42 heavy (non-hydrogen) atoms. The van der Waals surface area contributed by atoms with E-state index in [4.69, 9.17) is 5.73 Å². The molecule has 0 aromatic heterocycles. The van der Waals surface area contributed by atoms with E-state index in [1.807, 2.05) is 13.8 Å². The second-order valence-corrected chi connectivity index (χ2v) is 12.1. The molecule has 7 N–H and O–H groups in total. The molecule has 13 heteroatoms. The first-order chi connectivity index (χ1) is 19.6.